The number of anilines is 1. The molecule has 1 atom stereocenters. The molecule has 170 valence electrons. The highest BCUT2D eigenvalue weighted by Gasteiger charge is 2.33. The topological polar surface area (TPSA) is 112 Å². The van der Waals surface area contributed by atoms with Gasteiger partial charge in [0, 0.05) is 18.3 Å². The summed E-state index contributed by atoms with van der Waals surface area (Å²) >= 11 is 0. The van der Waals surface area contributed by atoms with Crippen molar-refractivity contribution in [1.82, 2.24) is 9.88 Å². The first-order valence-corrected chi connectivity index (χ1v) is 10.3. The molecule has 0 saturated heterocycles. The first kappa shape index (κ1) is 22.2. The third-order valence-corrected chi connectivity index (χ3v) is 5.72. The van der Waals surface area contributed by atoms with Crippen molar-refractivity contribution >= 4 is 17.6 Å². The normalized spacial score (nSPS) is 14.7. The predicted molar refractivity (Wildman–Crippen MR) is 118 cm³/mol. The fraction of sp³-hybridized carbons (Fsp3) is 0.208. The van der Waals surface area contributed by atoms with E-state index in [1.165, 1.54) is 18.3 Å². The molecule has 9 heteroatoms. The molecule has 0 unspecified atom stereocenters. The monoisotopic (exact) mass is 452 g/mol. The van der Waals surface area contributed by atoms with Crippen LogP contribution in [0.5, 0.6) is 5.75 Å². The van der Waals surface area contributed by atoms with Crippen LogP contribution in [0.2, 0.25) is 0 Å². The van der Waals surface area contributed by atoms with Gasteiger partial charge in [0.2, 0.25) is 5.91 Å². The molecule has 0 bridgehead atoms. The molecule has 1 aliphatic carbocycles. The van der Waals surface area contributed by atoms with Gasteiger partial charge in [-0.3, -0.25) is 9.59 Å². The van der Waals surface area contributed by atoms with E-state index in [0.717, 1.165) is 5.56 Å². The maximum Gasteiger partial charge on any atom is 0.387 e. The van der Waals surface area contributed by atoms with E-state index in [0.29, 0.717) is 29.5 Å². The zero-order chi connectivity index (χ0) is 23.5. The van der Waals surface area contributed by atoms with Crippen molar-refractivity contribution in [2.75, 3.05) is 5.73 Å². The lowest BCUT2D eigenvalue weighted by Crippen LogP contribution is -2.35. The Bertz CT molecular complexity index is 1200. The lowest BCUT2D eigenvalue weighted by molar-refractivity contribution is -0.0499. The number of aromatic nitrogens is 1. The summed E-state index contributed by atoms with van der Waals surface area (Å²) in [5.41, 5.74) is 14.2. The molecule has 0 fully saturated rings. The van der Waals surface area contributed by atoms with E-state index in [-0.39, 0.29) is 23.7 Å². The number of nitrogen functional groups attached to an aromatic ring is 1. The fourth-order valence-electron chi connectivity index (χ4n) is 4.22. The van der Waals surface area contributed by atoms with E-state index in [1.807, 2.05) is 0 Å². The molecule has 33 heavy (non-hydrogen) atoms. The minimum atomic E-state index is -2.96. The largest absolute Gasteiger partial charge is 0.435 e. The van der Waals surface area contributed by atoms with Crippen molar-refractivity contribution in [3.63, 3.8) is 0 Å². The maximum atomic E-state index is 13.6. The first-order valence-electron chi connectivity index (χ1n) is 10.3. The number of nitrogens with two attached hydrogens (primary N) is 2. The van der Waals surface area contributed by atoms with Crippen molar-refractivity contribution < 1.29 is 23.1 Å². The number of hydrogen-bond acceptors (Lipinski definition) is 5. The number of pyridine rings is 1. The number of hydrogen-bond donors (Lipinski definition) is 2. The van der Waals surface area contributed by atoms with E-state index in [1.54, 1.807) is 47.4 Å². The van der Waals surface area contributed by atoms with Crippen LogP contribution in [0.25, 0.3) is 0 Å². The molecule has 1 heterocycles. The summed E-state index contributed by atoms with van der Waals surface area (Å²) < 4.78 is 30.1. The number of primary amides is 1. The van der Waals surface area contributed by atoms with Gasteiger partial charge < -0.3 is 21.1 Å². The average Bonchev–Trinajstić information content (AvgIpc) is 3.20. The van der Waals surface area contributed by atoms with Crippen LogP contribution in [0.3, 0.4) is 0 Å². The standard InChI is InChI=1S/C24H22F2N4O3/c25-24(26)33-16-9-7-14-8-10-20(19(14)12-16)30(23(32)18-6-3-11-29-21(18)27)13-15-4-1-2-5-17(15)22(28)31/h1-7,9,11-12,20,24H,8,10,13H2,(H2,27,29)(H2,28,31)/t20-/m1/s1. The number of fused-ring (bicyclic) bond motifs is 1. The number of ether oxygens (including phenoxy) is 1. The SMILES string of the molecule is NC(=O)c1ccccc1CN(C(=O)c1cccnc1N)[C@@H]1CCc2ccc(OC(F)F)cc21. The quantitative estimate of drug-likeness (QED) is 0.568. The van der Waals surface area contributed by atoms with Crippen LogP contribution in [0.1, 0.15) is 49.9 Å². The van der Waals surface area contributed by atoms with Crippen molar-refractivity contribution in [3.05, 3.63) is 88.6 Å². The first-order chi connectivity index (χ1) is 15.8. The minimum absolute atomic E-state index is 0.0153. The average molecular weight is 452 g/mol. The second-order valence-electron chi connectivity index (χ2n) is 7.68. The zero-order valence-corrected chi connectivity index (χ0v) is 17.6. The fourth-order valence-corrected chi connectivity index (χ4v) is 4.22. The Morgan fingerprint density at radius 2 is 1.88 bits per heavy atom. The molecule has 4 N–H and O–H groups in total. The molecule has 0 spiro atoms. The molecule has 2 amide bonds. The van der Waals surface area contributed by atoms with Crippen LogP contribution in [-0.4, -0.2) is 28.3 Å². The molecule has 1 aromatic heterocycles. The molecule has 0 aliphatic heterocycles. The molecule has 0 saturated carbocycles. The lowest BCUT2D eigenvalue weighted by atomic mass is 10.0. The van der Waals surface area contributed by atoms with Gasteiger partial charge in [-0.15, -0.1) is 0 Å². The van der Waals surface area contributed by atoms with E-state index < -0.39 is 24.5 Å². The van der Waals surface area contributed by atoms with Gasteiger partial charge in [0.25, 0.3) is 5.91 Å². The number of rotatable bonds is 7. The molecular weight excluding hydrogens is 430 g/mol. The van der Waals surface area contributed by atoms with Crippen LogP contribution in [0, 0.1) is 0 Å². The highest BCUT2D eigenvalue weighted by Crippen LogP contribution is 2.40. The molecular formula is C24H22F2N4O3. The van der Waals surface area contributed by atoms with Gasteiger partial charge in [0.05, 0.1) is 11.6 Å². The number of amides is 2. The van der Waals surface area contributed by atoms with Crippen LogP contribution in [0.4, 0.5) is 14.6 Å². The number of carbonyl (C=O) groups excluding carboxylic acids is 2. The Morgan fingerprint density at radius 3 is 2.61 bits per heavy atom. The number of nitrogens with zero attached hydrogens (tertiary/aromatic N) is 2. The van der Waals surface area contributed by atoms with Crippen LogP contribution in [-0.2, 0) is 13.0 Å². The third-order valence-electron chi connectivity index (χ3n) is 5.72. The second-order valence-corrected chi connectivity index (χ2v) is 7.68. The summed E-state index contributed by atoms with van der Waals surface area (Å²) in [6, 6.07) is 14.2. The van der Waals surface area contributed by atoms with Crippen LogP contribution < -0.4 is 16.2 Å². The van der Waals surface area contributed by atoms with Gasteiger partial charge in [-0.2, -0.15) is 8.78 Å². The second kappa shape index (κ2) is 9.23. The summed E-state index contributed by atoms with van der Waals surface area (Å²) in [7, 11) is 0. The Morgan fingerprint density at radius 1 is 1.12 bits per heavy atom. The molecule has 4 rings (SSSR count). The Balaban J connectivity index is 1.77. The van der Waals surface area contributed by atoms with Crippen LogP contribution in [0.15, 0.2) is 60.8 Å². The highest BCUT2D eigenvalue weighted by atomic mass is 19.3. The summed E-state index contributed by atoms with van der Waals surface area (Å²) in [4.78, 5) is 31.2. The Kier molecular flexibility index (Phi) is 6.21. The van der Waals surface area contributed by atoms with Gasteiger partial charge in [-0.05, 0) is 59.9 Å². The van der Waals surface area contributed by atoms with Crippen LogP contribution >= 0.6 is 0 Å². The van der Waals surface area contributed by atoms with Crippen molar-refractivity contribution in [1.29, 1.82) is 0 Å². The van der Waals surface area contributed by atoms with Crippen molar-refractivity contribution in [3.8, 4) is 5.75 Å². The summed E-state index contributed by atoms with van der Waals surface area (Å²) in [6.45, 7) is -2.89. The number of carbonyl (C=O) groups is 2. The zero-order valence-electron chi connectivity index (χ0n) is 17.6. The molecule has 7 nitrogen and oxygen atoms in total. The summed E-state index contributed by atoms with van der Waals surface area (Å²) in [5.74, 6) is -0.915. The molecule has 2 aromatic carbocycles. The number of aryl methyl sites for hydroxylation is 1. The van der Waals surface area contributed by atoms with E-state index >= 15 is 0 Å². The molecule has 1 aliphatic rings. The number of alkyl halides is 2. The predicted octanol–water partition coefficient (Wildman–Crippen LogP) is 3.69. The Hall–Kier alpha value is -4.01. The molecule has 3 aromatic rings. The third kappa shape index (κ3) is 4.62. The molecule has 0 radical (unpaired) electrons. The number of benzene rings is 2. The minimum Gasteiger partial charge on any atom is -0.435 e. The van der Waals surface area contributed by atoms with E-state index in [2.05, 4.69) is 9.72 Å². The van der Waals surface area contributed by atoms with E-state index in [9.17, 15) is 18.4 Å². The van der Waals surface area contributed by atoms with Gasteiger partial charge in [0.15, 0.2) is 0 Å². The van der Waals surface area contributed by atoms with Gasteiger partial charge in [-0.25, -0.2) is 4.98 Å². The number of halogens is 2. The Labute approximate surface area is 189 Å². The maximum absolute atomic E-state index is 13.6. The van der Waals surface area contributed by atoms with Crippen molar-refractivity contribution in [2.24, 2.45) is 5.73 Å². The smallest absolute Gasteiger partial charge is 0.387 e. The summed E-state index contributed by atoms with van der Waals surface area (Å²) in [6.07, 6.45) is 2.70. The van der Waals surface area contributed by atoms with Gasteiger partial charge >= 0.3 is 6.61 Å². The van der Waals surface area contributed by atoms with Gasteiger partial charge in [-0.1, -0.05) is 24.3 Å². The van der Waals surface area contributed by atoms with E-state index in [4.69, 9.17) is 11.5 Å². The van der Waals surface area contributed by atoms with Gasteiger partial charge in [0.1, 0.15) is 11.6 Å². The summed E-state index contributed by atoms with van der Waals surface area (Å²) in [5, 5.41) is 0. The van der Waals surface area contributed by atoms with Crippen molar-refractivity contribution in [2.45, 2.75) is 32.0 Å². The highest BCUT2D eigenvalue weighted by molar-refractivity contribution is 5.99. The lowest BCUT2D eigenvalue weighted by Gasteiger charge is -2.31.